The molecular weight excluding hydrogens is 376 g/mol. The predicted octanol–water partition coefficient (Wildman–Crippen LogP) is 3.52. The lowest BCUT2D eigenvalue weighted by atomic mass is 10.1. The van der Waals surface area contributed by atoms with Gasteiger partial charge in [-0.1, -0.05) is 31.2 Å². The second-order valence-corrected chi connectivity index (χ2v) is 8.44. The molecule has 28 heavy (non-hydrogen) atoms. The van der Waals surface area contributed by atoms with Crippen molar-refractivity contribution in [1.82, 2.24) is 19.5 Å². The summed E-state index contributed by atoms with van der Waals surface area (Å²) in [5.74, 6) is 0.873. The molecule has 1 aromatic carbocycles. The van der Waals surface area contributed by atoms with Crippen LogP contribution >= 0.6 is 0 Å². The second-order valence-electron chi connectivity index (χ2n) is 6.74. The van der Waals surface area contributed by atoms with Crippen molar-refractivity contribution >= 4 is 10.0 Å². The summed E-state index contributed by atoms with van der Waals surface area (Å²) in [5.41, 5.74) is 3.92. The van der Waals surface area contributed by atoms with Crippen molar-refractivity contribution in [2.75, 3.05) is 0 Å². The van der Waals surface area contributed by atoms with Crippen molar-refractivity contribution in [3.05, 3.63) is 52.5 Å². The quantitative estimate of drug-likeness (QED) is 0.653. The fourth-order valence-electron chi connectivity index (χ4n) is 3.48. The summed E-state index contributed by atoms with van der Waals surface area (Å²) in [5, 5.41) is 8.13. The molecule has 0 amide bonds. The maximum absolute atomic E-state index is 13.1. The van der Waals surface area contributed by atoms with Gasteiger partial charge in [0.2, 0.25) is 15.9 Å². The SMILES string of the molecule is CCc1nnc(-c2c(C)c(S(=O)(=O)NCc3ccccc3C)c(C)n2CC)o1. The van der Waals surface area contributed by atoms with Gasteiger partial charge in [0, 0.05) is 30.8 Å². The van der Waals surface area contributed by atoms with Crippen molar-refractivity contribution in [1.29, 1.82) is 0 Å². The van der Waals surface area contributed by atoms with Crippen LogP contribution in [0.5, 0.6) is 0 Å². The van der Waals surface area contributed by atoms with Gasteiger partial charge in [-0.05, 0) is 38.8 Å². The zero-order chi connectivity index (χ0) is 20.5. The molecule has 0 fully saturated rings. The van der Waals surface area contributed by atoms with Gasteiger partial charge < -0.3 is 8.98 Å². The first-order valence-corrected chi connectivity index (χ1v) is 10.8. The summed E-state index contributed by atoms with van der Waals surface area (Å²) in [7, 11) is -3.72. The Balaban J connectivity index is 2.02. The molecule has 0 aliphatic carbocycles. The third-order valence-electron chi connectivity index (χ3n) is 4.97. The number of hydrogen-bond donors (Lipinski definition) is 1. The molecule has 7 nitrogen and oxygen atoms in total. The highest BCUT2D eigenvalue weighted by Gasteiger charge is 2.29. The van der Waals surface area contributed by atoms with Crippen molar-refractivity contribution < 1.29 is 12.8 Å². The topological polar surface area (TPSA) is 90.0 Å². The van der Waals surface area contributed by atoms with Crippen molar-refractivity contribution in [2.45, 2.75) is 59.0 Å². The number of benzene rings is 1. The molecule has 3 rings (SSSR count). The van der Waals surface area contributed by atoms with Gasteiger partial charge in [-0.25, -0.2) is 13.1 Å². The van der Waals surface area contributed by atoms with E-state index >= 15 is 0 Å². The van der Waals surface area contributed by atoms with Gasteiger partial charge in [-0.2, -0.15) is 0 Å². The van der Waals surface area contributed by atoms with E-state index in [0.29, 0.717) is 41.7 Å². The molecule has 0 saturated heterocycles. The van der Waals surface area contributed by atoms with E-state index < -0.39 is 10.0 Å². The highest BCUT2D eigenvalue weighted by Crippen LogP contribution is 2.33. The Kier molecular flexibility index (Phi) is 5.71. The number of nitrogens with one attached hydrogen (secondary N) is 1. The molecule has 0 unspecified atom stereocenters. The predicted molar refractivity (Wildman–Crippen MR) is 107 cm³/mol. The van der Waals surface area contributed by atoms with E-state index in [9.17, 15) is 8.42 Å². The van der Waals surface area contributed by atoms with Crippen molar-refractivity contribution in [2.24, 2.45) is 0 Å². The largest absolute Gasteiger partial charge is 0.419 e. The van der Waals surface area contributed by atoms with Crippen LogP contribution in [-0.2, 0) is 29.5 Å². The minimum Gasteiger partial charge on any atom is -0.419 e. The first-order valence-electron chi connectivity index (χ1n) is 9.36. The average Bonchev–Trinajstić information content (AvgIpc) is 3.22. The number of sulfonamides is 1. The first kappa shape index (κ1) is 20.3. The molecule has 1 N–H and O–H groups in total. The Labute approximate surface area is 165 Å². The maximum Gasteiger partial charge on any atom is 0.264 e. The van der Waals surface area contributed by atoms with Gasteiger partial charge in [-0.3, -0.25) is 0 Å². The van der Waals surface area contributed by atoms with Gasteiger partial charge in [-0.15, -0.1) is 10.2 Å². The smallest absolute Gasteiger partial charge is 0.264 e. The molecule has 3 aromatic rings. The monoisotopic (exact) mass is 402 g/mol. The van der Waals surface area contributed by atoms with E-state index in [4.69, 9.17) is 4.42 Å². The van der Waals surface area contributed by atoms with Crippen LogP contribution in [0, 0.1) is 20.8 Å². The summed E-state index contributed by atoms with van der Waals surface area (Å²) >= 11 is 0. The lowest BCUT2D eigenvalue weighted by Crippen LogP contribution is -2.24. The minimum atomic E-state index is -3.72. The number of hydrogen-bond acceptors (Lipinski definition) is 5. The van der Waals surface area contributed by atoms with Crippen LogP contribution < -0.4 is 4.72 Å². The van der Waals surface area contributed by atoms with Gasteiger partial charge in [0.25, 0.3) is 5.89 Å². The lowest BCUT2D eigenvalue weighted by Gasteiger charge is -2.10. The molecule has 0 aliphatic rings. The molecule has 0 bridgehead atoms. The Hall–Kier alpha value is -2.45. The van der Waals surface area contributed by atoms with Crippen molar-refractivity contribution in [3.63, 3.8) is 0 Å². The average molecular weight is 403 g/mol. The van der Waals surface area contributed by atoms with Gasteiger partial charge in [0.05, 0.1) is 0 Å². The van der Waals surface area contributed by atoms with Gasteiger partial charge in [0.15, 0.2) is 0 Å². The third kappa shape index (κ3) is 3.62. The third-order valence-corrected chi connectivity index (χ3v) is 6.63. The molecule has 0 saturated carbocycles. The standard InChI is InChI=1S/C20H26N4O3S/c1-6-17-22-23-20(27-17)18-14(4)19(15(5)24(18)7-2)28(25,26)21-12-16-11-9-8-10-13(16)3/h8-11,21H,6-7,12H2,1-5H3. The Bertz CT molecular complexity index is 1100. The molecule has 0 aliphatic heterocycles. The van der Waals surface area contributed by atoms with Crippen LogP contribution in [0.1, 0.15) is 42.1 Å². The second kappa shape index (κ2) is 7.89. The normalized spacial score (nSPS) is 11.9. The number of rotatable bonds is 7. The molecule has 0 atom stereocenters. The molecule has 150 valence electrons. The number of nitrogens with zero attached hydrogens (tertiary/aromatic N) is 3. The highest BCUT2D eigenvalue weighted by molar-refractivity contribution is 7.89. The molecule has 2 heterocycles. The van der Waals surface area contributed by atoms with Crippen LogP contribution in [0.25, 0.3) is 11.6 Å². The fraction of sp³-hybridized carbons (Fsp3) is 0.400. The van der Waals surface area contributed by atoms with Crippen LogP contribution in [0.15, 0.2) is 33.6 Å². The fourth-order valence-corrected chi connectivity index (χ4v) is 4.97. The summed E-state index contributed by atoms with van der Waals surface area (Å²) in [4.78, 5) is 0.272. The van der Waals surface area contributed by atoms with E-state index in [0.717, 1.165) is 11.1 Å². The summed E-state index contributed by atoms with van der Waals surface area (Å²) in [6.45, 7) is 10.3. The van der Waals surface area contributed by atoms with E-state index in [1.54, 1.807) is 13.8 Å². The Morgan fingerprint density at radius 1 is 1.11 bits per heavy atom. The van der Waals surface area contributed by atoms with Crippen molar-refractivity contribution in [3.8, 4) is 11.6 Å². The minimum absolute atomic E-state index is 0.237. The van der Waals surface area contributed by atoms with Crippen LogP contribution in [0.2, 0.25) is 0 Å². The van der Waals surface area contributed by atoms with Gasteiger partial charge in [0.1, 0.15) is 10.6 Å². The summed E-state index contributed by atoms with van der Waals surface area (Å²) in [6.07, 6.45) is 0.626. The maximum atomic E-state index is 13.1. The zero-order valence-corrected chi connectivity index (χ0v) is 17.7. The highest BCUT2D eigenvalue weighted by atomic mass is 32.2. The number of aryl methyl sites for hydroxylation is 2. The van der Waals surface area contributed by atoms with Crippen LogP contribution in [0.3, 0.4) is 0 Å². The van der Waals surface area contributed by atoms with E-state index in [1.807, 2.05) is 49.6 Å². The molecule has 0 radical (unpaired) electrons. The molecule has 2 aromatic heterocycles. The van der Waals surface area contributed by atoms with Crippen LogP contribution in [0.4, 0.5) is 0 Å². The molecule has 8 heteroatoms. The summed E-state index contributed by atoms with van der Waals surface area (Å²) < 4.78 is 36.6. The lowest BCUT2D eigenvalue weighted by molar-refractivity contribution is 0.507. The van der Waals surface area contributed by atoms with E-state index in [2.05, 4.69) is 14.9 Å². The molecule has 0 spiro atoms. The Morgan fingerprint density at radius 3 is 2.43 bits per heavy atom. The summed E-state index contributed by atoms with van der Waals surface area (Å²) in [6, 6.07) is 7.72. The van der Waals surface area contributed by atoms with Gasteiger partial charge >= 0.3 is 0 Å². The van der Waals surface area contributed by atoms with E-state index in [1.165, 1.54) is 0 Å². The number of aromatic nitrogens is 3. The zero-order valence-electron chi connectivity index (χ0n) is 16.9. The van der Waals surface area contributed by atoms with E-state index in [-0.39, 0.29) is 11.4 Å². The molecular formula is C20H26N4O3S. The Morgan fingerprint density at radius 2 is 1.82 bits per heavy atom. The first-order chi connectivity index (χ1) is 13.3. The van der Waals surface area contributed by atoms with Crippen LogP contribution in [-0.4, -0.2) is 23.2 Å².